The first-order valence-electron chi connectivity index (χ1n) is 13.0. The number of hydrogen-bond donors (Lipinski definition) is 0. The molecule has 2 fully saturated rings. The van der Waals surface area contributed by atoms with E-state index in [9.17, 15) is 0 Å². The fourth-order valence-electron chi connectivity index (χ4n) is 6.78. The Morgan fingerprint density at radius 3 is 2.21 bits per heavy atom. The summed E-state index contributed by atoms with van der Waals surface area (Å²) < 4.78 is 2.33. The second-order valence-electron chi connectivity index (χ2n) is 13.1. The van der Waals surface area contributed by atoms with Crippen molar-refractivity contribution in [2.75, 3.05) is 0 Å². The largest absolute Gasteiger partial charge is 0.220 e. The lowest BCUT2D eigenvalue weighted by Gasteiger charge is -2.28. The fraction of sp³-hybridized carbons (Fsp3) is 0.531. The highest BCUT2D eigenvalue weighted by Gasteiger charge is 2.40. The van der Waals surface area contributed by atoms with Crippen LogP contribution in [0.2, 0.25) is 0 Å². The van der Waals surface area contributed by atoms with Crippen molar-refractivity contribution in [1.82, 2.24) is 0 Å². The van der Waals surface area contributed by atoms with Crippen molar-refractivity contribution in [1.29, 1.82) is 0 Å². The molecule has 3 aromatic rings. The van der Waals surface area contributed by atoms with Gasteiger partial charge in [-0.2, -0.15) is 0 Å². The van der Waals surface area contributed by atoms with Crippen LogP contribution in [0.1, 0.15) is 95.4 Å². The first-order valence-corrected chi connectivity index (χ1v) is 13.0. The molecule has 2 bridgehead atoms. The molecule has 1 aromatic heterocycles. The summed E-state index contributed by atoms with van der Waals surface area (Å²) >= 11 is 0. The highest BCUT2D eigenvalue weighted by Crippen LogP contribution is 2.53. The standard InChI is InChI=1S/C32H42N/c1-20-27(18-25(31(2,3)4)19-29(20)32(5,6)7)30-26-12-11-23(17-24(26)13-14-33(30)8)28-16-21-9-10-22(28)15-21/h11-14,17-19,21-22,28H,9-10,15-16H2,1-8H3/q+1. The second kappa shape index (κ2) is 7.69. The van der Waals surface area contributed by atoms with Gasteiger partial charge in [0, 0.05) is 6.07 Å². The van der Waals surface area contributed by atoms with Gasteiger partial charge in [0.2, 0.25) is 5.69 Å². The second-order valence-corrected chi connectivity index (χ2v) is 13.1. The van der Waals surface area contributed by atoms with Gasteiger partial charge in [-0.15, -0.1) is 0 Å². The first-order chi connectivity index (χ1) is 15.4. The van der Waals surface area contributed by atoms with Gasteiger partial charge < -0.3 is 0 Å². The zero-order chi connectivity index (χ0) is 23.7. The Morgan fingerprint density at radius 1 is 0.848 bits per heavy atom. The van der Waals surface area contributed by atoms with E-state index in [1.165, 1.54) is 64.4 Å². The number of benzene rings is 2. The van der Waals surface area contributed by atoms with Gasteiger partial charge in [0.15, 0.2) is 6.20 Å². The van der Waals surface area contributed by atoms with Crippen molar-refractivity contribution < 1.29 is 4.57 Å². The zero-order valence-corrected chi connectivity index (χ0v) is 22.0. The molecule has 0 radical (unpaired) electrons. The maximum Gasteiger partial charge on any atom is 0.220 e. The molecular formula is C32H42N+. The smallest absolute Gasteiger partial charge is 0.200 e. The Balaban J connectivity index is 1.70. The van der Waals surface area contributed by atoms with E-state index in [1.54, 1.807) is 5.56 Å². The van der Waals surface area contributed by atoms with E-state index >= 15 is 0 Å². The number of hydrogen-bond acceptors (Lipinski definition) is 0. The molecule has 2 aliphatic rings. The fourth-order valence-corrected chi connectivity index (χ4v) is 6.78. The monoisotopic (exact) mass is 440 g/mol. The van der Waals surface area contributed by atoms with E-state index in [1.807, 2.05) is 0 Å². The van der Waals surface area contributed by atoms with Crippen LogP contribution >= 0.6 is 0 Å². The Bertz CT molecular complexity index is 1220. The molecule has 3 unspecified atom stereocenters. The number of pyridine rings is 1. The third-order valence-electron chi connectivity index (χ3n) is 8.66. The molecule has 5 rings (SSSR count). The van der Waals surface area contributed by atoms with Gasteiger partial charge in [-0.3, -0.25) is 0 Å². The number of aromatic nitrogens is 1. The molecular weight excluding hydrogens is 398 g/mol. The Hall–Kier alpha value is -2.15. The molecule has 33 heavy (non-hydrogen) atoms. The van der Waals surface area contributed by atoms with Gasteiger partial charge in [0.1, 0.15) is 7.05 Å². The summed E-state index contributed by atoms with van der Waals surface area (Å²) in [5.74, 6) is 2.69. The SMILES string of the molecule is Cc1c(-c2c3ccc(C4CC5CCC4C5)cc3cc[n+]2C)cc(C(C)(C)C)cc1C(C)(C)C. The van der Waals surface area contributed by atoms with Crippen LogP contribution in [0.4, 0.5) is 0 Å². The van der Waals surface area contributed by atoms with Crippen molar-refractivity contribution in [2.24, 2.45) is 18.9 Å². The maximum absolute atomic E-state index is 2.51. The molecule has 174 valence electrons. The van der Waals surface area contributed by atoms with Gasteiger partial charge >= 0.3 is 0 Å². The molecule has 2 aromatic carbocycles. The van der Waals surface area contributed by atoms with Crippen molar-refractivity contribution in [3.05, 3.63) is 64.8 Å². The summed E-state index contributed by atoms with van der Waals surface area (Å²) in [7, 11) is 2.21. The first kappa shape index (κ1) is 22.6. The van der Waals surface area contributed by atoms with E-state index in [0.29, 0.717) is 0 Å². The molecule has 0 spiro atoms. The van der Waals surface area contributed by atoms with Gasteiger partial charge in [-0.1, -0.05) is 66.2 Å². The van der Waals surface area contributed by atoms with Crippen LogP contribution in [0.25, 0.3) is 22.0 Å². The van der Waals surface area contributed by atoms with Crippen LogP contribution in [-0.4, -0.2) is 0 Å². The molecule has 0 saturated heterocycles. The van der Waals surface area contributed by atoms with Crippen molar-refractivity contribution in [3.8, 4) is 11.3 Å². The van der Waals surface area contributed by atoms with Crippen molar-refractivity contribution in [3.63, 3.8) is 0 Å². The highest BCUT2D eigenvalue weighted by molar-refractivity contribution is 5.94. The number of nitrogens with zero attached hydrogens (tertiary/aromatic N) is 1. The molecule has 2 aliphatic carbocycles. The molecule has 0 aliphatic heterocycles. The van der Waals surface area contributed by atoms with Crippen molar-refractivity contribution in [2.45, 2.75) is 90.9 Å². The maximum atomic E-state index is 2.51. The molecule has 1 nitrogen and oxygen atoms in total. The Labute approximate surface area is 201 Å². The van der Waals surface area contributed by atoms with Crippen LogP contribution < -0.4 is 4.57 Å². The van der Waals surface area contributed by atoms with E-state index in [2.05, 4.69) is 103 Å². The number of rotatable bonds is 2. The van der Waals surface area contributed by atoms with Crippen LogP contribution in [0, 0.1) is 18.8 Å². The minimum absolute atomic E-state index is 0.109. The summed E-state index contributed by atoms with van der Waals surface area (Å²) in [4.78, 5) is 0. The summed E-state index contributed by atoms with van der Waals surface area (Å²) in [6.45, 7) is 16.4. The summed E-state index contributed by atoms with van der Waals surface area (Å²) in [6.07, 6.45) is 8.05. The van der Waals surface area contributed by atoms with Gasteiger partial charge in [-0.25, -0.2) is 4.57 Å². The van der Waals surface area contributed by atoms with Gasteiger partial charge in [0.05, 0.1) is 10.9 Å². The summed E-state index contributed by atoms with van der Waals surface area (Å²) in [6, 6.07) is 14.6. The quantitative estimate of drug-likeness (QED) is 0.354. The lowest BCUT2D eigenvalue weighted by atomic mass is 9.76. The molecule has 1 heteroatoms. The number of aryl methyl sites for hydroxylation is 1. The van der Waals surface area contributed by atoms with Crippen LogP contribution in [0.3, 0.4) is 0 Å². The zero-order valence-electron chi connectivity index (χ0n) is 22.0. The van der Waals surface area contributed by atoms with Crippen LogP contribution in [0.5, 0.6) is 0 Å². The minimum atomic E-state index is 0.109. The molecule has 0 N–H and O–H groups in total. The summed E-state index contributed by atoms with van der Waals surface area (Å²) in [5, 5.41) is 2.77. The highest BCUT2D eigenvalue weighted by atomic mass is 14.9. The molecule has 1 heterocycles. The van der Waals surface area contributed by atoms with Gasteiger partial charge in [-0.05, 0) is 94.5 Å². The normalized spacial score (nSPS) is 23.0. The third-order valence-corrected chi connectivity index (χ3v) is 8.66. The van der Waals surface area contributed by atoms with E-state index in [-0.39, 0.29) is 10.8 Å². The average molecular weight is 441 g/mol. The Kier molecular flexibility index (Phi) is 5.27. The predicted molar refractivity (Wildman–Crippen MR) is 141 cm³/mol. The Morgan fingerprint density at radius 2 is 1.61 bits per heavy atom. The lowest BCUT2D eigenvalue weighted by Crippen LogP contribution is -2.31. The van der Waals surface area contributed by atoms with Crippen molar-refractivity contribution >= 4 is 10.8 Å². The molecule has 0 amide bonds. The number of fused-ring (bicyclic) bond motifs is 3. The molecule has 3 atom stereocenters. The minimum Gasteiger partial charge on any atom is -0.200 e. The third kappa shape index (κ3) is 3.92. The van der Waals surface area contributed by atoms with Gasteiger partial charge in [0.25, 0.3) is 0 Å². The van der Waals surface area contributed by atoms with Crippen LogP contribution in [0.15, 0.2) is 42.6 Å². The topological polar surface area (TPSA) is 3.88 Å². The predicted octanol–water partition coefficient (Wildman–Crippen LogP) is 8.14. The van der Waals surface area contributed by atoms with E-state index in [4.69, 9.17) is 0 Å². The van der Waals surface area contributed by atoms with E-state index < -0.39 is 0 Å². The molecule has 2 saturated carbocycles. The lowest BCUT2D eigenvalue weighted by molar-refractivity contribution is -0.659. The van der Waals surface area contributed by atoms with Crippen LogP contribution in [-0.2, 0) is 17.9 Å². The summed E-state index contributed by atoms with van der Waals surface area (Å²) in [5.41, 5.74) is 8.82. The van der Waals surface area contributed by atoms with E-state index in [0.717, 1.165) is 17.8 Å². The average Bonchev–Trinajstić information content (AvgIpc) is 3.36.